The lowest BCUT2D eigenvalue weighted by Gasteiger charge is -2.10. The number of nitrogens with zero attached hydrogens (tertiary/aromatic N) is 1. The minimum atomic E-state index is -0.333. The molecule has 0 aliphatic carbocycles. The molecule has 144 valence electrons. The Bertz CT molecular complexity index is 783. The van der Waals surface area contributed by atoms with Gasteiger partial charge in [0.1, 0.15) is 5.75 Å². The molecule has 0 aliphatic rings. The zero-order chi connectivity index (χ0) is 19.6. The lowest BCUT2D eigenvalue weighted by atomic mass is 10.1. The van der Waals surface area contributed by atoms with Crippen LogP contribution in [0.5, 0.6) is 17.2 Å². The quantitative estimate of drug-likeness (QED) is 0.541. The van der Waals surface area contributed by atoms with E-state index in [0.717, 1.165) is 23.1 Å². The maximum absolute atomic E-state index is 11.9. The Morgan fingerprint density at radius 1 is 1.07 bits per heavy atom. The molecular weight excluding hydrogens is 344 g/mol. The van der Waals surface area contributed by atoms with Crippen LogP contribution in [-0.4, -0.2) is 32.4 Å². The highest BCUT2D eigenvalue weighted by Crippen LogP contribution is 2.27. The highest BCUT2D eigenvalue weighted by atomic mass is 16.5. The predicted octanol–water partition coefficient (Wildman–Crippen LogP) is 3.63. The summed E-state index contributed by atoms with van der Waals surface area (Å²) in [5.41, 5.74) is 5.41. The monoisotopic (exact) mass is 370 g/mol. The van der Waals surface area contributed by atoms with Crippen LogP contribution in [0.15, 0.2) is 41.5 Å². The number of carbonyl (C=O) groups is 1. The van der Waals surface area contributed by atoms with Gasteiger partial charge in [0.25, 0.3) is 5.91 Å². The first-order chi connectivity index (χ1) is 13.0. The van der Waals surface area contributed by atoms with Crippen molar-refractivity contribution in [3.05, 3.63) is 53.1 Å². The SMILES string of the molecule is CCCOc1ccc(/C=N/NC(=O)COc2cc(C)cc(C)c2)cc1OC. The van der Waals surface area contributed by atoms with Gasteiger partial charge in [0.15, 0.2) is 18.1 Å². The molecule has 0 heterocycles. The molecular formula is C21H26N2O4. The Kier molecular flexibility index (Phi) is 7.67. The van der Waals surface area contributed by atoms with Gasteiger partial charge in [-0.1, -0.05) is 13.0 Å². The number of ether oxygens (including phenoxy) is 3. The molecule has 0 bridgehead atoms. The Labute approximate surface area is 160 Å². The van der Waals surface area contributed by atoms with Crippen LogP contribution >= 0.6 is 0 Å². The molecule has 0 atom stereocenters. The van der Waals surface area contributed by atoms with E-state index in [9.17, 15) is 4.79 Å². The minimum absolute atomic E-state index is 0.104. The van der Waals surface area contributed by atoms with Gasteiger partial charge in [-0.25, -0.2) is 5.43 Å². The molecule has 2 aromatic rings. The third-order valence-corrected chi connectivity index (χ3v) is 3.62. The summed E-state index contributed by atoms with van der Waals surface area (Å²) < 4.78 is 16.4. The molecule has 1 N–H and O–H groups in total. The number of benzene rings is 2. The number of hydrogen-bond donors (Lipinski definition) is 1. The van der Waals surface area contributed by atoms with Gasteiger partial charge in [-0.2, -0.15) is 5.10 Å². The second-order valence-corrected chi connectivity index (χ2v) is 6.16. The van der Waals surface area contributed by atoms with Crippen molar-refractivity contribution in [1.29, 1.82) is 0 Å². The Morgan fingerprint density at radius 2 is 1.81 bits per heavy atom. The van der Waals surface area contributed by atoms with Gasteiger partial charge in [0.05, 0.1) is 19.9 Å². The van der Waals surface area contributed by atoms with Gasteiger partial charge in [0, 0.05) is 0 Å². The van der Waals surface area contributed by atoms with Gasteiger partial charge in [0.2, 0.25) is 0 Å². The van der Waals surface area contributed by atoms with Crippen LogP contribution in [0.2, 0.25) is 0 Å². The molecule has 0 saturated carbocycles. The molecule has 1 amide bonds. The van der Waals surface area contributed by atoms with Crippen LogP contribution in [0.4, 0.5) is 0 Å². The number of nitrogens with one attached hydrogen (secondary N) is 1. The zero-order valence-electron chi connectivity index (χ0n) is 16.2. The Balaban J connectivity index is 1.87. The fraction of sp³-hybridized carbons (Fsp3) is 0.333. The van der Waals surface area contributed by atoms with E-state index in [0.29, 0.717) is 23.9 Å². The normalized spacial score (nSPS) is 10.7. The van der Waals surface area contributed by atoms with E-state index in [1.165, 1.54) is 0 Å². The fourth-order valence-electron chi connectivity index (χ4n) is 2.47. The Morgan fingerprint density at radius 3 is 2.48 bits per heavy atom. The van der Waals surface area contributed by atoms with Gasteiger partial charge >= 0.3 is 0 Å². The van der Waals surface area contributed by atoms with Crippen LogP contribution in [0, 0.1) is 13.8 Å². The van der Waals surface area contributed by atoms with E-state index in [1.807, 2.05) is 51.1 Å². The molecule has 0 unspecified atom stereocenters. The number of carbonyl (C=O) groups excluding carboxylic acids is 1. The third-order valence-electron chi connectivity index (χ3n) is 3.62. The van der Waals surface area contributed by atoms with Crippen molar-refractivity contribution in [2.75, 3.05) is 20.3 Å². The molecule has 0 saturated heterocycles. The summed E-state index contributed by atoms with van der Waals surface area (Å²) in [7, 11) is 1.58. The average molecular weight is 370 g/mol. The lowest BCUT2D eigenvalue weighted by Crippen LogP contribution is -2.24. The van der Waals surface area contributed by atoms with Crippen molar-refractivity contribution in [2.24, 2.45) is 5.10 Å². The highest BCUT2D eigenvalue weighted by molar-refractivity contribution is 5.83. The van der Waals surface area contributed by atoms with Crippen LogP contribution < -0.4 is 19.6 Å². The maximum atomic E-state index is 11.9. The summed E-state index contributed by atoms with van der Waals surface area (Å²) in [6.45, 7) is 6.53. The van der Waals surface area contributed by atoms with E-state index in [4.69, 9.17) is 14.2 Å². The van der Waals surface area contributed by atoms with Crippen LogP contribution in [0.3, 0.4) is 0 Å². The summed E-state index contributed by atoms with van der Waals surface area (Å²) in [5.74, 6) is 1.64. The van der Waals surface area contributed by atoms with E-state index in [1.54, 1.807) is 19.4 Å². The molecule has 6 heteroatoms. The van der Waals surface area contributed by atoms with Gasteiger partial charge in [-0.05, 0) is 67.3 Å². The van der Waals surface area contributed by atoms with Crippen molar-refractivity contribution < 1.29 is 19.0 Å². The largest absolute Gasteiger partial charge is 0.493 e. The van der Waals surface area contributed by atoms with Crippen LogP contribution in [-0.2, 0) is 4.79 Å². The average Bonchev–Trinajstić information content (AvgIpc) is 2.64. The minimum Gasteiger partial charge on any atom is -0.493 e. The van der Waals surface area contributed by atoms with Gasteiger partial charge in [-0.3, -0.25) is 4.79 Å². The maximum Gasteiger partial charge on any atom is 0.277 e. The van der Waals surface area contributed by atoms with Crippen molar-refractivity contribution in [2.45, 2.75) is 27.2 Å². The smallest absolute Gasteiger partial charge is 0.277 e. The summed E-state index contributed by atoms with van der Waals surface area (Å²) >= 11 is 0. The van der Waals surface area contributed by atoms with E-state index in [-0.39, 0.29) is 12.5 Å². The second-order valence-electron chi connectivity index (χ2n) is 6.16. The topological polar surface area (TPSA) is 69.2 Å². The van der Waals surface area contributed by atoms with Gasteiger partial charge in [-0.15, -0.1) is 0 Å². The number of aryl methyl sites for hydroxylation is 2. The van der Waals surface area contributed by atoms with Gasteiger partial charge < -0.3 is 14.2 Å². The van der Waals surface area contributed by atoms with Crippen molar-refractivity contribution in [3.8, 4) is 17.2 Å². The molecule has 6 nitrogen and oxygen atoms in total. The standard InChI is InChI=1S/C21H26N2O4/c1-5-8-26-19-7-6-17(12-20(19)25-4)13-22-23-21(24)14-27-18-10-15(2)9-16(3)11-18/h6-7,9-13H,5,8,14H2,1-4H3,(H,23,24)/b22-13+. The number of rotatable bonds is 9. The number of amides is 1. The molecule has 0 aromatic heterocycles. The number of hydrogen-bond acceptors (Lipinski definition) is 5. The zero-order valence-corrected chi connectivity index (χ0v) is 16.2. The molecule has 0 radical (unpaired) electrons. The first kappa shape index (κ1) is 20.3. The number of hydrazone groups is 1. The molecule has 27 heavy (non-hydrogen) atoms. The van der Waals surface area contributed by atoms with E-state index in [2.05, 4.69) is 10.5 Å². The van der Waals surface area contributed by atoms with Crippen molar-refractivity contribution >= 4 is 12.1 Å². The Hall–Kier alpha value is -3.02. The lowest BCUT2D eigenvalue weighted by molar-refractivity contribution is -0.123. The molecule has 2 rings (SSSR count). The van der Waals surface area contributed by atoms with Crippen molar-refractivity contribution in [1.82, 2.24) is 5.43 Å². The third kappa shape index (κ3) is 6.66. The summed E-state index contributed by atoms with van der Waals surface area (Å²) in [4.78, 5) is 11.9. The molecule has 0 aliphatic heterocycles. The molecule has 2 aromatic carbocycles. The first-order valence-corrected chi connectivity index (χ1v) is 8.85. The summed E-state index contributed by atoms with van der Waals surface area (Å²) in [6.07, 6.45) is 2.46. The number of methoxy groups -OCH3 is 1. The summed E-state index contributed by atoms with van der Waals surface area (Å²) in [5, 5.41) is 3.96. The van der Waals surface area contributed by atoms with E-state index < -0.39 is 0 Å². The van der Waals surface area contributed by atoms with E-state index >= 15 is 0 Å². The van der Waals surface area contributed by atoms with Crippen LogP contribution in [0.1, 0.15) is 30.0 Å². The second kappa shape index (κ2) is 10.2. The fourth-order valence-corrected chi connectivity index (χ4v) is 2.47. The van der Waals surface area contributed by atoms with Crippen LogP contribution in [0.25, 0.3) is 0 Å². The highest BCUT2D eigenvalue weighted by Gasteiger charge is 2.05. The molecule has 0 fully saturated rings. The predicted molar refractivity (Wildman–Crippen MR) is 106 cm³/mol. The first-order valence-electron chi connectivity index (χ1n) is 8.85. The summed E-state index contributed by atoms with van der Waals surface area (Å²) in [6, 6.07) is 11.3. The molecule has 0 spiro atoms. The van der Waals surface area contributed by atoms with Crippen molar-refractivity contribution in [3.63, 3.8) is 0 Å².